The van der Waals surface area contributed by atoms with Gasteiger partial charge in [-0.3, -0.25) is 0 Å². The SMILES string of the molecule is C=Cc1ccc2scc(C)c2c1. The number of aryl methyl sites for hydroxylation is 1. The topological polar surface area (TPSA) is 0 Å². The van der Waals surface area contributed by atoms with Gasteiger partial charge in [-0.1, -0.05) is 18.7 Å². The Kier molecular flexibility index (Phi) is 1.74. The molecule has 0 fully saturated rings. The van der Waals surface area contributed by atoms with Crippen LogP contribution in [0.3, 0.4) is 0 Å². The number of rotatable bonds is 1. The van der Waals surface area contributed by atoms with Gasteiger partial charge in [0.15, 0.2) is 0 Å². The fourth-order valence-corrected chi connectivity index (χ4v) is 2.23. The molecule has 0 radical (unpaired) electrons. The van der Waals surface area contributed by atoms with Crippen molar-refractivity contribution in [3.63, 3.8) is 0 Å². The third-order valence-corrected chi connectivity index (χ3v) is 3.11. The lowest BCUT2D eigenvalue weighted by atomic mass is 10.1. The van der Waals surface area contributed by atoms with Gasteiger partial charge in [0.05, 0.1) is 0 Å². The number of fused-ring (bicyclic) bond motifs is 1. The van der Waals surface area contributed by atoms with E-state index in [1.54, 1.807) is 11.3 Å². The Balaban J connectivity index is 2.79. The Labute approximate surface area is 76.2 Å². The lowest BCUT2D eigenvalue weighted by Crippen LogP contribution is -1.71. The molecular formula is C11H10S. The first kappa shape index (κ1) is 7.56. The smallest absolute Gasteiger partial charge is 0.0345 e. The van der Waals surface area contributed by atoms with Crippen molar-refractivity contribution in [2.45, 2.75) is 6.92 Å². The van der Waals surface area contributed by atoms with Crippen LogP contribution in [0.1, 0.15) is 11.1 Å². The summed E-state index contributed by atoms with van der Waals surface area (Å²) in [6.45, 7) is 5.90. The summed E-state index contributed by atoms with van der Waals surface area (Å²) in [5, 5.41) is 3.55. The van der Waals surface area contributed by atoms with Gasteiger partial charge in [0.2, 0.25) is 0 Å². The Morgan fingerprint density at radius 2 is 2.25 bits per heavy atom. The zero-order valence-corrected chi connectivity index (χ0v) is 7.82. The molecule has 0 spiro atoms. The number of thiophene rings is 1. The molecule has 2 aromatic rings. The van der Waals surface area contributed by atoms with Crippen molar-refractivity contribution < 1.29 is 0 Å². The molecule has 0 unspecified atom stereocenters. The molecule has 0 atom stereocenters. The molecule has 0 aliphatic carbocycles. The van der Waals surface area contributed by atoms with Crippen molar-refractivity contribution in [2.24, 2.45) is 0 Å². The molecule has 0 amide bonds. The maximum atomic E-state index is 3.76. The fraction of sp³-hybridized carbons (Fsp3) is 0.0909. The normalized spacial score (nSPS) is 10.4. The number of hydrogen-bond donors (Lipinski definition) is 0. The standard InChI is InChI=1S/C11H10S/c1-3-9-4-5-11-10(6-9)8(2)7-12-11/h3-7H,1H2,2H3. The summed E-state index contributed by atoms with van der Waals surface area (Å²) in [6, 6.07) is 6.45. The van der Waals surface area contributed by atoms with Crippen LogP contribution in [0.4, 0.5) is 0 Å². The van der Waals surface area contributed by atoms with E-state index >= 15 is 0 Å². The van der Waals surface area contributed by atoms with Crippen LogP contribution in [0.25, 0.3) is 16.2 Å². The lowest BCUT2D eigenvalue weighted by Gasteiger charge is -1.94. The van der Waals surface area contributed by atoms with Gasteiger partial charge in [0, 0.05) is 4.70 Å². The average Bonchev–Trinajstić information content (AvgIpc) is 2.47. The van der Waals surface area contributed by atoms with Crippen molar-refractivity contribution in [1.29, 1.82) is 0 Å². The van der Waals surface area contributed by atoms with Crippen molar-refractivity contribution in [3.8, 4) is 0 Å². The Bertz CT molecular complexity index is 423. The van der Waals surface area contributed by atoms with E-state index in [1.165, 1.54) is 21.2 Å². The Hall–Kier alpha value is -1.08. The molecule has 0 aliphatic rings. The van der Waals surface area contributed by atoms with Gasteiger partial charge in [0.25, 0.3) is 0 Å². The molecule has 0 N–H and O–H groups in total. The van der Waals surface area contributed by atoms with Crippen LogP contribution >= 0.6 is 11.3 Å². The quantitative estimate of drug-likeness (QED) is 0.616. The zero-order valence-electron chi connectivity index (χ0n) is 7.00. The summed E-state index contributed by atoms with van der Waals surface area (Å²) < 4.78 is 1.36. The van der Waals surface area contributed by atoms with Crippen LogP contribution in [0, 0.1) is 6.92 Å². The molecule has 0 nitrogen and oxygen atoms in total. The van der Waals surface area contributed by atoms with Gasteiger partial charge >= 0.3 is 0 Å². The van der Waals surface area contributed by atoms with Gasteiger partial charge in [-0.2, -0.15) is 0 Å². The highest BCUT2D eigenvalue weighted by molar-refractivity contribution is 7.17. The fourth-order valence-electron chi connectivity index (χ4n) is 1.30. The van der Waals surface area contributed by atoms with E-state index in [1.807, 2.05) is 6.08 Å². The highest BCUT2D eigenvalue weighted by Gasteiger charge is 1.98. The van der Waals surface area contributed by atoms with E-state index < -0.39 is 0 Å². The maximum absolute atomic E-state index is 3.76. The van der Waals surface area contributed by atoms with Crippen molar-refractivity contribution in [3.05, 3.63) is 41.3 Å². The van der Waals surface area contributed by atoms with Crippen LogP contribution < -0.4 is 0 Å². The maximum Gasteiger partial charge on any atom is 0.0345 e. The number of hydrogen-bond acceptors (Lipinski definition) is 1. The van der Waals surface area contributed by atoms with Crippen molar-refractivity contribution in [1.82, 2.24) is 0 Å². The lowest BCUT2D eigenvalue weighted by molar-refractivity contribution is 1.59. The van der Waals surface area contributed by atoms with E-state index in [2.05, 4.69) is 37.1 Å². The Morgan fingerprint density at radius 3 is 3.00 bits per heavy atom. The average molecular weight is 174 g/mol. The van der Waals surface area contributed by atoms with E-state index in [0.29, 0.717) is 0 Å². The third kappa shape index (κ3) is 1.07. The monoisotopic (exact) mass is 174 g/mol. The molecule has 1 aromatic carbocycles. The van der Waals surface area contributed by atoms with Crippen molar-refractivity contribution in [2.75, 3.05) is 0 Å². The van der Waals surface area contributed by atoms with Gasteiger partial charge in [-0.25, -0.2) is 0 Å². The summed E-state index contributed by atoms with van der Waals surface area (Å²) in [6.07, 6.45) is 1.89. The molecular weight excluding hydrogens is 164 g/mol. The van der Waals surface area contributed by atoms with Gasteiger partial charge in [-0.05, 0) is 40.9 Å². The first-order chi connectivity index (χ1) is 5.81. The molecule has 1 aromatic heterocycles. The minimum absolute atomic E-state index is 1.20. The van der Waals surface area contributed by atoms with E-state index in [9.17, 15) is 0 Å². The molecule has 1 heteroatoms. The van der Waals surface area contributed by atoms with Crippen LogP contribution in [0.15, 0.2) is 30.2 Å². The van der Waals surface area contributed by atoms with Crippen LogP contribution in [-0.2, 0) is 0 Å². The molecule has 12 heavy (non-hydrogen) atoms. The van der Waals surface area contributed by atoms with Crippen LogP contribution in [0.2, 0.25) is 0 Å². The third-order valence-electron chi connectivity index (χ3n) is 2.03. The summed E-state index contributed by atoms with van der Waals surface area (Å²) in [5.74, 6) is 0. The van der Waals surface area contributed by atoms with E-state index in [0.717, 1.165) is 0 Å². The largest absolute Gasteiger partial charge is 0.144 e. The minimum Gasteiger partial charge on any atom is -0.144 e. The van der Waals surface area contributed by atoms with Crippen LogP contribution in [-0.4, -0.2) is 0 Å². The second-order valence-corrected chi connectivity index (χ2v) is 3.79. The predicted molar refractivity (Wildman–Crippen MR) is 56.7 cm³/mol. The van der Waals surface area contributed by atoms with Crippen LogP contribution in [0.5, 0.6) is 0 Å². The summed E-state index contributed by atoms with van der Waals surface area (Å²) in [4.78, 5) is 0. The first-order valence-corrected chi connectivity index (χ1v) is 4.79. The summed E-state index contributed by atoms with van der Waals surface area (Å²) in [5.41, 5.74) is 2.56. The molecule has 60 valence electrons. The van der Waals surface area contributed by atoms with E-state index in [-0.39, 0.29) is 0 Å². The highest BCUT2D eigenvalue weighted by atomic mass is 32.1. The molecule has 0 saturated carbocycles. The summed E-state index contributed by atoms with van der Waals surface area (Å²) in [7, 11) is 0. The Morgan fingerprint density at radius 1 is 1.42 bits per heavy atom. The molecule has 0 aliphatic heterocycles. The molecule has 0 bridgehead atoms. The van der Waals surface area contributed by atoms with Gasteiger partial charge in [-0.15, -0.1) is 11.3 Å². The second kappa shape index (κ2) is 2.76. The molecule has 0 saturated heterocycles. The van der Waals surface area contributed by atoms with Gasteiger partial charge < -0.3 is 0 Å². The highest BCUT2D eigenvalue weighted by Crippen LogP contribution is 2.26. The zero-order chi connectivity index (χ0) is 8.55. The van der Waals surface area contributed by atoms with E-state index in [4.69, 9.17) is 0 Å². The number of benzene rings is 1. The minimum atomic E-state index is 1.20. The van der Waals surface area contributed by atoms with Crippen molar-refractivity contribution >= 4 is 27.5 Å². The second-order valence-electron chi connectivity index (χ2n) is 2.88. The first-order valence-electron chi connectivity index (χ1n) is 3.91. The molecule has 1 heterocycles. The summed E-state index contributed by atoms with van der Waals surface area (Å²) >= 11 is 1.80. The molecule has 2 rings (SSSR count). The predicted octanol–water partition coefficient (Wildman–Crippen LogP) is 3.85. The van der Waals surface area contributed by atoms with Gasteiger partial charge in [0.1, 0.15) is 0 Å².